The third-order valence-corrected chi connectivity index (χ3v) is 3.06. The maximum atomic E-state index is 9.50. The van der Waals surface area contributed by atoms with Gasteiger partial charge >= 0.3 is 6.92 Å². The van der Waals surface area contributed by atoms with E-state index in [0.29, 0.717) is 11.6 Å². The van der Waals surface area contributed by atoms with Crippen LogP contribution in [-0.2, 0) is 6.61 Å². The Labute approximate surface area is 112 Å². The van der Waals surface area contributed by atoms with Crippen LogP contribution >= 0.6 is 11.6 Å². The molecule has 0 unspecified atom stereocenters. The second-order valence-electron chi connectivity index (χ2n) is 4.13. The highest BCUT2D eigenvalue weighted by atomic mass is 35.5. The predicted molar refractivity (Wildman–Crippen MR) is 75.7 cm³/mol. The van der Waals surface area contributed by atoms with Gasteiger partial charge in [-0.3, -0.25) is 0 Å². The fraction of sp³-hybridized carbons (Fsp3) is 0.143. The van der Waals surface area contributed by atoms with E-state index in [-0.39, 0.29) is 0 Å². The van der Waals surface area contributed by atoms with Gasteiger partial charge in [-0.1, -0.05) is 48.8 Å². The molecule has 1 N–H and O–H groups in total. The summed E-state index contributed by atoms with van der Waals surface area (Å²) in [6.07, 6.45) is 0. The van der Waals surface area contributed by atoms with Gasteiger partial charge in [-0.2, -0.15) is 0 Å². The zero-order chi connectivity index (χ0) is 13.0. The van der Waals surface area contributed by atoms with Gasteiger partial charge in [0, 0.05) is 10.6 Å². The largest absolute Gasteiger partial charge is 0.489 e. The average molecular weight is 261 g/mol. The SMILES string of the molecule is CB(O)c1cccc(OCc2ccccc2Cl)c1. The number of hydrogen-bond acceptors (Lipinski definition) is 2. The van der Waals surface area contributed by atoms with Crippen molar-refractivity contribution in [3.8, 4) is 5.75 Å². The Morgan fingerprint density at radius 2 is 1.94 bits per heavy atom. The Kier molecular flexibility index (Phi) is 4.29. The number of hydrogen-bond donors (Lipinski definition) is 1. The molecule has 2 aromatic carbocycles. The fourth-order valence-electron chi connectivity index (χ4n) is 1.64. The Hall–Kier alpha value is -1.45. The van der Waals surface area contributed by atoms with Crippen LogP contribution in [0.25, 0.3) is 0 Å². The van der Waals surface area contributed by atoms with Gasteiger partial charge in [0.15, 0.2) is 0 Å². The minimum Gasteiger partial charge on any atom is -0.489 e. The second-order valence-corrected chi connectivity index (χ2v) is 4.54. The molecular weight excluding hydrogens is 246 g/mol. The van der Waals surface area contributed by atoms with E-state index in [9.17, 15) is 5.02 Å². The van der Waals surface area contributed by atoms with Gasteiger partial charge in [-0.15, -0.1) is 0 Å². The van der Waals surface area contributed by atoms with Crippen LogP contribution in [0.4, 0.5) is 0 Å². The number of halogens is 1. The summed E-state index contributed by atoms with van der Waals surface area (Å²) in [5.41, 5.74) is 1.79. The topological polar surface area (TPSA) is 29.5 Å². The monoisotopic (exact) mass is 260 g/mol. The lowest BCUT2D eigenvalue weighted by Gasteiger charge is -2.09. The molecule has 4 heteroatoms. The molecule has 0 aliphatic rings. The van der Waals surface area contributed by atoms with Crippen molar-refractivity contribution in [2.75, 3.05) is 0 Å². The van der Waals surface area contributed by atoms with Crippen LogP contribution in [0.15, 0.2) is 48.5 Å². The molecule has 0 saturated carbocycles. The van der Waals surface area contributed by atoms with Crippen LogP contribution in [0.2, 0.25) is 11.8 Å². The molecular formula is C14H14BClO2. The van der Waals surface area contributed by atoms with Gasteiger partial charge in [0.1, 0.15) is 12.4 Å². The molecule has 2 nitrogen and oxygen atoms in total. The number of ether oxygens (including phenoxy) is 1. The molecule has 0 heterocycles. The molecule has 0 aromatic heterocycles. The Morgan fingerprint density at radius 1 is 1.17 bits per heavy atom. The highest BCUT2D eigenvalue weighted by Gasteiger charge is 2.07. The first-order valence-electron chi connectivity index (χ1n) is 5.81. The van der Waals surface area contributed by atoms with E-state index in [1.54, 1.807) is 6.82 Å². The van der Waals surface area contributed by atoms with Crippen molar-refractivity contribution in [3.63, 3.8) is 0 Å². The van der Waals surface area contributed by atoms with E-state index >= 15 is 0 Å². The smallest absolute Gasteiger partial charge is 0.320 e. The van der Waals surface area contributed by atoms with Crippen molar-refractivity contribution in [2.24, 2.45) is 0 Å². The lowest BCUT2D eigenvalue weighted by molar-refractivity contribution is 0.306. The zero-order valence-corrected chi connectivity index (χ0v) is 10.9. The number of rotatable bonds is 4. The first-order valence-corrected chi connectivity index (χ1v) is 6.19. The molecule has 2 aromatic rings. The third-order valence-electron chi connectivity index (χ3n) is 2.69. The maximum absolute atomic E-state index is 9.50. The van der Waals surface area contributed by atoms with Crippen molar-refractivity contribution in [2.45, 2.75) is 13.4 Å². The molecule has 0 bridgehead atoms. The van der Waals surface area contributed by atoms with Crippen molar-refractivity contribution in [1.29, 1.82) is 0 Å². The normalized spacial score (nSPS) is 10.2. The quantitative estimate of drug-likeness (QED) is 0.857. The molecule has 0 fully saturated rings. The Balaban J connectivity index is 2.07. The molecule has 0 atom stereocenters. The molecule has 0 saturated heterocycles. The first-order chi connectivity index (χ1) is 8.66. The molecule has 0 amide bonds. The summed E-state index contributed by atoms with van der Waals surface area (Å²) in [5, 5.41) is 10.2. The van der Waals surface area contributed by atoms with E-state index in [1.807, 2.05) is 48.5 Å². The fourth-order valence-corrected chi connectivity index (χ4v) is 1.83. The van der Waals surface area contributed by atoms with Crippen LogP contribution in [-0.4, -0.2) is 11.9 Å². The highest BCUT2D eigenvalue weighted by molar-refractivity contribution is 6.64. The summed E-state index contributed by atoms with van der Waals surface area (Å²) >= 11 is 6.05. The van der Waals surface area contributed by atoms with Crippen molar-refractivity contribution >= 4 is 24.0 Å². The molecule has 0 aliphatic heterocycles. The highest BCUT2D eigenvalue weighted by Crippen LogP contribution is 2.17. The summed E-state index contributed by atoms with van der Waals surface area (Å²) < 4.78 is 5.67. The van der Waals surface area contributed by atoms with Gasteiger partial charge in [0.2, 0.25) is 0 Å². The average Bonchev–Trinajstić information content (AvgIpc) is 2.38. The van der Waals surface area contributed by atoms with Gasteiger partial charge in [-0.05, 0) is 23.7 Å². The van der Waals surface area contributed by atoms with Gasteiger partial charge in [-0.25, -0.2) is 0 Å². The van der Waals surface area contributed by atoms with Gasteiger partial charge < -0.3 is 9.76 Å². The van der Waals surface area contributed by atoms with Crippen molar-refractivity contribution in [3.05, 3.63) is 59.1 Å². The van der Waals surface area contributed by atoms with Gasteiger partial charge in [0.25, 0.3) is 0 Å². The van der Waals surface area contributed by atoms with Crippen LogP contribution in [0.1, 0.15) is 5.56 Å². The molecule has 2 rings (SSSR count). The minimum absolute atomic E-state index is 0.420. The van der Waals surface area contributed by atoms with Crippen LogP contribution < -0.4 is 10.2 Å². The summed E-state index contributed by atoms with van der Waals surface area (Å²) in [7, 11) is 0. The first kappa shape index (κ1) is 13.0. The van der Waals surface area contributed by atoms with E-state index in [1.165, 1.54) is 0 Å². The lowest BCUT2D eigenvalue weighted by atomic mass is 9.64. The molecule has 18 heavy (non-hydrogen) atoms. The molecule has 0 radical (unpaired) electrons. The molecule has 0 aliphatic carbocycles. The van der Waals surface area contributed by atoms with E-state index in [2.05, 4.69) is 0 Å². The summed E-state index contributed by atoms with van der Waals surface area (Å²) in [6.45, 7) is 1.66. The molecule has 0 spiro atoms. The van der Waals surface area contributed by atoms with E-state index < -0.39 is 6.92 Å². The predicted octanol–water partition coefficient (Wildman–Crippen LogP) is 2.74. The lowest BCUT2D eigenvalue weighted by Crippen LogP contribution is -2.25. The summed E-state index contributed by atoms with van der Waals surface area (Å²) in [6, 6.07) is 15.0. The molecule has 92 valence electrons. The Bertz CT molecular complexity index is 529. The van der Waals surface area contributed by atoms with Crippen molar-refractivity contribution < 1.29 is 9.76 Å². The second kappa shape index (κ2) is 5.94. The van der Waals surface area contributed by atoms with E-state index in [4.69, 9.17) is 16.3 Å². The maximum Gasteiger partial charge on any atom is 0.320 e. The summed E-state index contributed by atoms with van der Waals surface area (Å²) in [4.78, 5) is 0. The van der Waals surface area contributed by atoms with E-state index in [0.717, 1.165) is 16.8 Å². The van der Waals surface area contributed by atoms with Crippen molar-refractivity contribution in [1.82, 2.24) is 0 Å². The van der Waals surface area contributed by atoms with Crippen LogP contribution in [0.3, 0.4) is 0 Å². The standard InChI is InChI=1S/C14H14BClO2/c1-15(17)12-6-4-7-13(9-12)18-10-11-5-2-3-8-14(11)16/h2-9,17H,10H2,1H3. The zero-order valence-electron chi connectivity index (χ0n) is 10.1. The minimum atomic E-state index is -0.492. The van der Waals surface area contributed by atoms with Gasteiger partial charge in [0.05, 0.1) is 0 Å². The van der Waals surface area contributed by atoms with Crippen LogP contribution in [0, 0.1) is 0 Å². The Morgan fingerprint density at radius 3 is 2.67 bits per heavy atom. The van der Waals surface area contributed by atoms with Crippen LogP contribution in [0.5, 0.6) is 5.75 Å². The third kappa shape index (κ3) is 3.28. The number of benzene rings is 2. The summed E-state index contributed by atoms with van der Waals surface area (Å²) in [5.74, 6) is 0.730.